The lowest BCUT2D eigenvalue weighted by atomic mass is 9.99. The monoisotopic (exact) mass is 328 g/mol. The maximum atomic E-state index is 13.5. The van der Waals surface area contributed by atoms with Crippen LogP contribution in [0.1, 0.15) is 17.2 Å². The summed E-state index contributed by atoms with van der Waals surface area (Å²) in [6, 6.07) is 11.8. The van der Waals surface area contributed by atoms with Gasteiger partial charge in [-0.25, -0.2) is 9.82 Å². The third kappa shape index (κ3) is 2.72. The van der Waals surface area contributed by atoms with Crippen LogP contribution in [0.25, 0.3) is 0 Å². The predicted octanol–water partition coefficient (Wildman–Crippen LogP) is 3.79. The summed E-state index contributed by atoms with van der Waals surface area (Å²) in [5.74, 6) is 5.25. The molecule has 2 rings (SSSR count). The first kappa shape index (κ1) is 13.5. The van der Waals surface area contributed by atoms with E-state index in [0.717, 1.165) is 11.1 Å². The van der Waals surface area contributed by atoms with Crippen molar-refractivity contribution in [1.82, 2.24) is 5.43 Å². The third-order valence-corrected chi connectivity index (χ3v) is 3.71. The van der Waals surface area contributed by atoms with Gasteiger partial charge in [-0.2, -0.15) is 0 Å². The van der Waals surface area contributed by atoms with Crippen molar-refractivity contribution in [2.75, 3.05) is 0 Å². The molecule has 2 aromatic carbocycles. The van der Waals surface area contributed by atoms with Gasteiger partial charge in [-0.3, -0.25) is 5.84 Å². The SMILES string of the molecule is NNC(c1cccc(Cl)c1)c1cccc(F)c1Br. The quantitative estimate of drug-likeness (QED) is 0.664. The Bertz CT molecular complexity index is 562. The van der Waals surface area contributed by atoms with Crippen LogP contribution in [0.4, 0.5) is 4.39 Å². The second-order valence-electron chi connectivity index (χ2n) is 3.80. The fourth-order valence-corrected chi connectivity index (χ4v) is 2.49. The molecule has 0 saturated carbocycles. The van der Waals surface area contributed by atoms with E-state index in [1.807, 2.05) is 12.1 Å². The van der Waals surface area contributed by atoms with Gasteiger partial charge in [0.25, 0.3) is 0 Å². The van der Waals surface area contributed by atoms with Gasteiger partial charge in [-0.15, -0.1) is 0 Å². The zero-order chi connectivity index (χ0) is 13.1. The minimum atomic E-state index is -0.325. The Morgan fingerprint density at radius 3 is 2.61 bits per heavy atom. The van der Waals surface area contributed by atoms with Gasteiger partial charge in [0, 0.05) is 5.02 Å². The highest BCUT2D eigenvalue weighted by atomic mass is 79.9. The molecule has 0 saturated heterocycles. The van der Waals surface area contributed by atoms with Gasteiger partial charge in [0.2, 0.25) is 0 Å². The smallest absolute Gasteiger partial charge is 0.137 e. The van der Waals surface area contributed by atoms with Crippen LogP contribution >= 0.6 is 27.5 Å². The standard InChI is InChI=1S/C13H11BrClFN2/c14-12-10(5-2-6-11(12)16)13(18-17)8-3-1-4-9(15)7-8/h1-7,13,18H,17H2. The van der Waals surface area contributed by atoms with Gasteiger partial charge >= 0.3 is 0 Å². The molecule has 3 N–H and O–H groups in total. The van der Waals surface area contributed by atoms with E-state index in [1.54, 1.807) is 24.3 Å². The van der Waals surface area contributed by atoms with Crippen molar-refractivity contribution in [2.45, 2.75) is 6.04 Å². The molecular weight excluding hydrogens is 319 g/mol. The molecule has 0 fully saturated rings. The number of halogens is 3. The number of nitrogens with two attached hydrogens (primary N) is 1. The molecule has 2 aromatic rings. The molecule has 94 valence electrons. The molecule has 0 aromatic heterocycles. The Labute approximate surface area is 118 Å². The summed E-state index contributed by atoms with van der Waals surface area (Å²) >= 11 is 9.18. The van der Waals surface area contributed by atoms with Crippen molar-refractivity contribution >= 4 is 27.5 Å². The molecule has 0 bridgehead atoms. The van der Waals surface area contributed by atoms with E-state index in [-0.39, 0.29) is 11.9 Å². The van der Waals surface area contributed by atoms with E-state index >= 15 is 0 Å². The molecule has 5 heteroatoms. The highest BCUT2D eigenvalue weighted by Crippen LogP contribution is 2.30. The van der Waals surface area contributed by atoms with Crippen LogP contribution in [0.15, 0.2) is 46.9 Å². The third-order valence-electron chi connectivity index (χ3n) is 2.64. The van der Waals surface area contributed by atoms with Crippen LogP contribution in [0.3, 0.4) is 0 Å². The van der Waals surface area contributed by atoms with Crippen LogP contribution in [-0.2, 0) is 0 Å². The Kier molecular flexibility index (Phi) is 4.35. The maximum Gasteiger partial charge on any atom is 0.137 e. The Hall–Kier alpha value is -0.940. The number of hydrogen-bond donors (Lipinski definition) is 2. The van der Waals surface area contributed by atoms with Crippen molar-refractivity contribution in [3.05, 3.63) is 68.9 Å². The zero-order valence-electron chi connectivity index (χ0n) is 9.33. The number of hydrazine groups is 1. The van der Waals surface area contributed by atoms with E-state index < -0.39 is 0 Å². The van der Waals surface area contributed by atoms with Crippen LogP contribution in [0, 0.1) is 5.82 Å². The second-order valence-corrected chi connectivity index (χ2v) is 5.03. The molecular formula is C13H11BrClFN2. The molecule has 0 radical (unpaired) electrons. The first-order valence-electron chi connectivity index (χ1n) is 5.29. The number of rotatable bonds is 3. The van der Waals surface area contributed by atoms with Crippen LogP contribution < -0.4 is 11.3 Å². The van der Waals surface area contributed by atoms with Gasteiger partial charge in [-0.1, -0.05) is 35.9 Å². The van der Waals surface area contributed by atoms with Gasteiger partial charge < -0.3 is 0 Å². The summed E-state index contributed by atoms with van der Waals surface area (Å²) in [4.78, 5) is 0. The van der Waals surface area contributed by atoms with Crippen molar-refractivity contribution in [1.29, 1.82) is 0 Å². The summed E-state index contributed by atoms with van der Waals surface area (Å²) in [5.41, 5.74) is 4.27. The Morgan fingerprint density at radius 2 is 1.94 bits per heavy atom. The highest BCUT2D eigenvalue weighted by Gasteiger charge is 2.17. The Balaban J connectivity index is 2.49. The lowest BCUT2D eigenvalue weighted by molar-refractivity contribution is 0.597. The fourth-order valence-electron chi connectivity index (χ4n) is 1.80. The van der Waals surface area contributed by atoms with Gasteiger partial charge in [0.05, 0.1) is 10.5 Å². The van der Waals surface area contributed by atoms with Crippen molar-refractivity contribution in [2.24, 2.45) is 5.84 Å². The molecule has 1 atom stereocenters. The average Bonchev–Trinajstić information content (AvgIpc) is 2.35. The number of nitrogens with one attached hydrogen (secondary N) is 1. The molecule has 0 aliphatic carbocycles. The van der Waals surface area contributed by atoms with E-state index in [9.17, 15) is 4.39 Å². The molecule has 18 heavy (non-hydrogen) atoms. The summed E-state index contributed by atoms with van der Waals surface area (Å²) in [6.45, 7) is 0. The second kappa shape index (κ2) is 5.80. The maximum absolute atomic E-state index is 13.5. The van der Waals surface area contributed by atoms with Crippen molar-refractivity contribution in [3.8, 4) is 0 Å². The molecule has 2 nitrogen and oxygen atoms in total. The minimum absolute atomic E-state index is 0.324. The molecule has 0 spiro atoms. The van der Waals surface area contributed by atoms with Crippen LogP contribution in [-0.4, -0.2) is 0 Å². The van der Waals surface area contributed by atoms with Crippen molar-refractivity contribution in [3.63, 3.8) is 0 Å². The zero-order valence-corrected chi connectivity index (χ0v) is 11.7. The van der Waals surface area contributed by atoms with E-state index in [0.29, 0.717) is 9.50 Å². The Morgan fingerprint density at radius 1 is 1.22 bits per heavy atom. The minimum Gasteiger partial charge on any atom is -0.271 e. The first-order chi connectivity index (χ1) is 8.63. The van der Waals surface area contributed by atoms with E-state index in [4.69, 9.17) is 17.4 Å². The molecule has 0 aliphatic heterocycles. The first-order valence-corrected chi connectivity index (χ1v) is 6.46. The van der Waals surface area contributed by atoms with Crippen LogP contribution in [0.5, 0.6) is 0 Å². The largest absolute Gasteiger partial charge is 0.271 e. The average molecular weight is 330 g/mol. The lowest BCUT2D eigenvalue weighted by Crippen LogP contribution is -2.29. The lowest BCUT2D eigenvalue weighted by Gasteiger charge is -2.18. The summed E-state index contributed by atoms with van der Waals surface area (Å²) in [7, 11) is 0. The molecule has 1 unspecified atom stereocenters. The number of benzene rings is 2. The van der Waals surface area contributed by atoms with E-state index in [2.05, 4.69) is 21.4 Å². The summed E-state index contributed by atoms with van der Waals surface area (Å²) in [6.07, 6.45) is 0. The predicted molar refractivity (Wildman–Crippen MR) is 74.7 cm³/mol. The van der Waals surface area contributed by atoms with Gasteiger partial charge in [0.15, 0.2) is 0 Å². The fraction of sp³-hybridized carbons (Fsp3) is 0.0769. The summed E-state index contributed by atoms with van der Waals surface area (Å²) in [5, 5.41) is 0.611. The van der Waals surface area contributed by atoms with Gasteiger partial charge in [0.1, 0.15) is 5.82 Å². The topological polar surface area (TPSA) is 38.0 Å². The van der Waals surface area contributed by atoms with Crippen LogP contribution in [0.2, 0.25) is 5.02 Å². The molecule has 0 aliphatic rings. The number of hydrogen-bond acceptors (Lipinski definition) is 2. The highest BCUT2D eigenvalue weighted by molar-refractivity contribution is 9.10. The molecule has 0 heterocycles. The van der Waals surface area contributed by atoms with E-state index in [1.165, 1.54) is 6.07 Å². The van der Waals surface area contributed by atoms with Crippen molar-refractivity contribution < 1.29 is 4.39 Å². The van der Waals surface area contributed by atoms with Gasteiger partial charge in [-0.05, 0) is 45.3 Å². The molecule has 0 amide bonds. The normalized spacial score (nSPS) is 12.4. The summed E-state index contributed by atoms with van der Waals surface area (Å²) < 4.78 is 13.9.